The molecule has 7 heteroatoms. The molecule has 0 spiro atoms. The first-order valence-corrected chi connectivity index (χ1v) is 9.19. The lowest BCUT2D eigenvalue weighted by Crippen LogP contribution is -2.32. The molecular formula is C13H23BrN2O3S. The molecule has 0 aliphatic rings. The standard InChI is InChI=1S/C13H23BrN2O3S/c1-4-6-7-10(3)16-20(17,18)12-8-11(9-15-5-2)19-13(12)14/h8,10,15-16H,4-7,9H2,1-3H3. The molecule has 5 nitrogen and oxygen atoms in total. The van der Waals surface area contributed by atoms with Crippen molar-refractivity contribution < 1.29 is 12.8 Å². The Morgan fingerprint density at radius 1 is 1.40 bits per heavy atom. The van der Waals surface area contributed by atoms with Gasteiger partial charge >= 0.3 is 0 Å². The van der Waals surface area contributed by atoms with Gasteiger partial charge in [-0.1, -0.05) is 26.7 Å². The van der Waals surface area contributed by atoms with Crippen LogP contribution in [0.3, 0.4) is 0 Å². The number of sulfonamides is 1. The van der Waals surface area contributed by atoms with Gasteiger partial charge in [0, 0.05) is 12.1 Å². The first-order chi connectivity index (χ1) is 9.40. The minimum atomic E-state index is -3.54. The van der Waals surface area contributed by atoms with Crippen LogP contribution in [0.2, 0.25) is 0 Å². The van der Waals surface area contributed by atoms with Gasteiger partial charge in [-0.15, -0.1) is 0 Å². The zero-order valence-electron chi connectivity index (χ0n) is 12.2. The molecule has 0 saturated heterocycles. The van der Waals surface area contributed by atoms with Gasteiger partial charge in [0.1, 0.15) is 10.7 Å². The summed E-state index contributed by atoms with van der Waals surface area (Å²) in [4.78, 5) is 0.161. The molecule has 1 atom stereocenters. The monoisotopic (exact) mass is 366 g/mol. The molecule has 1 rings (SSSR count). The van der Waals surface area contributed by atoms with E-state index >= 15 is 0 Å². The Hall–Kier alpha value is -0.370. The number of hydrogen-bond donors (Lipinski definition) is 2. The van der Waals surface area contributed by atoms with E-state index in [0.717, 1.165) is 25.8 Å². The zero-order valence-corrected chi connectivity index (χ0v) is 14.6. The van der Waals surface area contributed by atoms with Gasteiger partial charge in [0.15, 0.2) is 4.67 Å². The highest BCUT2D eigenvalue weighted by Gasteiger charge is 2.23. The highest BCUT2D eigenvalue weighted by Crippen LogP contribution is 2.26. The van der Waals surface area contributed by atoms with Gasteiger partial charge in [-0.3, -0.25) is 0 Å². The lowest BCUT2D eigenvalue weighted by molar-refractivity contribution is 0.463. The van der Waals surface area contributed by atoms with E-state index in [1.807, 2.05) is 13.8 Å². The van der Waals surface area contributed by atoms with Crippen molar-refractivity contribution in [1.82, 2.24) is 10.0 Å². The van der Waals surface area contributed by atoms with E-state index in [-0.39, 0.29) is 15.6 Å². The van der Waals surface area contributed by atoms with Crippen LogP contribution >= 0.6 is 15.9 Å². The minimum absolute atomic E-state index is 0.0843. The number of rotatable bonds is 9. The van der Waals surface area contributed by atoms with Gasteiger partial charge in [0.25, 0.3) is 0 Å². The second kappa shape index (κ2) is 8.17. The molecule has 1 aromatic heterocycles. The van der Waals surface area contributed by atoms with E-state index < -0.39 is 10.0 Å². The normalized spacial score (nSPS) is 13.6. The Morgan fingerprint density at radius 3 is 2.70 bits per heavy atom. The van der Waals surface area contributed by atoms with Crippen LogP contribution < -0.4 is 10.0 Å². The maximum Gasteiger partial charge on any atom is 0.245 e. The molecule has 0 aromatic carbocycles. The summed E-state index contributed by atoms with van der Waals surface area (Å²) in [5, 5.41) is 3.10. The molecule has 20 heavy (non-hydrogen) atoms. The average molecular weight is 367 g/mol. The third-order valence-corrected chi connectivity index (χ3v) is 5.34. The smallest absolute Gasteiger partial charge is 0.245 e. The lowest BCUT2D eigenvalue weighted by Gasteiger charge is -2.12. The first-order valence-electron chi connectivity index (χ1n) is 6.92. The fourth-order valence-corrected chi connectivity index (χ4v) is 4.09. The van der Waals surface area contributed by atoms with E-state index in [1.165, 1.54) is 0 Å². The van der Waals surface area contributed by atoms with E-state index in [1.54, 1.807) is 6.07 Å². The third kappa shape index (κ3) is 5.20. The molecule has 0 fully saturated rings. The summed E-state index contributed by atoms with van der Waals surface area (Å²) in [6.07, 6.45) is 2.88. The molecular weight excluding hydrogens is 344 g/mol. The minimum Gasteiger partial charge on any atom is -0.452 e. The predicted octanol–water partition coefficient (Wildman–Crippen LogP) is 3.01. The van der Waals surface area contributed by atoms with Crippen LogP contribution in [-0.4, -0.2) is 21.0 Å². The van der Waals surface area contributed by atoms with Crippen molar-refractivity contribution in [2.24, 2.45) is 0 Å². The second-order valence-corrected chi connectivity index (χ2v) is 7.20. The fraction of sp³-hybridized carbons (Fsp3) is 0.692. The average Bonchev–Trinajstić information content (AvgIpc) is 2.75. The molecule has 0 amide bonds. The van der Waals surface area contributed by atoms with E-state index in [2.05, 4.69) is 32.9 Å². The highest BCUT2D eigenvalue weighted by molar-refractivity contribution is 9.10. The largest absolute Gasteiger partial charge is 0.452 e. The summed E-state index contributed by atoms with van der Waals surface area (Å²) in [6.45, 7) is 7.25. The van der Waals surface area contributed by atoms with Gasteiger partial charge in [-0.2, -0.15) is 0 Å². The van der Waals surface area contributed by atoms with Gasteiger partial charge in [0.05, 0.1) is 6.54 Å². The highest BCUT2D eigenvalue weighted by atomic mass is 79.9. The molecule has 1 heterocycles. The lowest BCUT2D eigenvalue weighted by atomic mass is 10.2. The maximum atomic E-state index is 12.3. The van der Waals surface area contributed by atoms with Crippen LogP contribution in [0.25, 0.3) is 0 Å². The van der Waals surface area contributed by atoms with Crippen LogP contribution in [0.5, 0.6) is 0 Å². The SMILES string of the molecule is CCCCC(C)NS(=O)(=O)c1cc(CNCC)oc1Br. The third-order valence-electron chi connectivity index (χ3n) is 2.89. The molecule has 1 unspecified atom stereocenters. The van der Waals surface area contributed by atoms with Gasteiger partial charge in [0.2, 0.25) is 10.0 Å². The first kappa shape index (κ1) is 17.7. The predicted molar refractivity (Wildman–Crippen MR) is 83.1 cm³/mol. The number of halogens is 1. The molecule has 0 saturated carbocycles. The van der Waals surface area contributed by atoms with Gasteiger partial charge < -0.3 is 9.73 Å². The summed E-state index contributed by atoms with van der Waals surface area (Å²) in [7, 11) is -3.54. The Bertz CT molecular complexity index is 514. The van der Waals surface area contributed by atoms with Crippen molar-refractivity contribution in [3.8, 4) is 0 Å². The van der Waals surface area contributed by atoms with Crippen LogP contribution in [0, 0.1) is 0 Å². The van der Waals surface area contributed by atoms with Crippen molar-refractivity contribution in [3.05, 3.63) is 16.5 Å². The zero-order chi connectivity index (χ0) is 15.2. The molecule has 0 bridgehead atoms. The molecule has 0 aliphatic heterocycles. The summed E-state index contributed by atoms with van der Waals surface area (Å²) in [6, 6.07) is 1.47. The van der Waals surface area contributed by atoms with Gasteiger partial charge in [-0.25, -0.2) is 13.1 Å². The van der Waals surface area contributed by atoms with Crippen LogP contribution in [0.1, 0.15) is 45.8 Å². The van der Waals surface area contributed by atoms with Gasteiger partial charge in [-0.05, 0) is 35.8 Å². The van der Waals surface area contributed by atoms with Crippen molar-refractivity contribution in [2.45, 2.75) is 57.5 Å². The molecule has 2 N–H and O–H groups in total. The Morgan fingerprint density at radius 2 is 2.10 bits per heavy atom. The van der Waals surface area contributed by atoms with Crippen molar-refractivity contribution in [1.29, 1.82) is 0 Å². The Labute approximate surface area is 129 Å². The Kier molecular flexibility index (Phi) is 7.22. The summed E-state index contributed by atoms with van der Waals surface area (Å²) >= 11 is 3.17. The molecule has 116 valence electrons. The number of hydrogen-bond acceptors (Lipinski definition) is 4. The summed E-state index contributed by atoms with van der Waals surface area (Å²) in [5.41, 5.74) is 0. The van der Waals surface area contributed by atoms with E-state index in [4.69, 9.17) is 4.42 Å². The van der Waals surface area contributed by atoms with Crippen LogP contribution in [-0.2, 0) is 16.6 Å². The van der Waals surface area contributed by atoms with Crippen LogP contribution in [0.4, 0.5) is 0 Å². The summed E-state index contributed by atoms with van der Waals surface area (Å²) < 4.78 is 32.9. The number of nitrogens with one attached hydrogen (secondary N) is 2. The molecule has 0 aliphatic carbocycles. The fourth-order valence-electron chi connectivity index (χ4n) is 1.81. The van der Waals surface area contributed by atoms with Crippen LogP contribution in [0.15, 0.2) is 20.0 Å². The summed E-state index contributed by atoms with van der Waals surface area (Å²) in [5.74, 6) is 0.598. The number of furan rings is 1. The molecule has 1 aromatic rings. The van der Waals surface area contributed by atoms with Crippen molar-refractivity contribution in [2.75, 3.05) is 6.54 Å². The van der Waals surface area contributed by atoms with Crippen molar-refractivity contribution in [3.63, 3.8) is 0 Å². The Balaban J connectivity index is 2.78. The maximum absolute atomic E-state index is 12.3. The second-order valence-electron chi connectivity index (χ2n) is 4.80. The quantitative estimate of drug-likeness (QED) is 0.704. The number of unbranched alkanes of at least 4 members (excludes halogenated alkanes) is 1. The van der Waals surface area contributed by atoms with Crippen molar-refractivity contribution >= 4 is 26.0 Å². The van der Waals surface area contributed by atoms with E-state index in [9.17, 15) is 8.42 Å². The topological polar surface area (TPSA) is 71.3 Å². The van der Waals surface area contributed by atoms with E-state index in [0.29, 0.717) is 12.3 Å². The molecule has 0 radical (unpaired) electrons.